The van der Waals surface area contributed by atoms with Crippen molar-refractivity contribution < 1.29 is 0 Å². The third-order valence-electron chi connectivity index (χ3n) is 2.61. The maximum atomic E-state index is 3.32. The van der Waals surface area contributed by atoms with Crippen molar-refractivity contribution in [1.82, 2.24) is 10.2 Å². The zero-order valence-electron chi connectivity index (χ0n) is 9.22. The van der Waals surface area contributed by atoms with Crippen LogP contribution in [0.1, 0.15) is 33.6 Å². The second kappa shape index (κ2) is 6.44. The van der Waals surface area contributed by atoms with Crippen LogP contribution < -0.4 is 5.32 Å². The van der Waals surface area contributed by atoms with Gasteiger partial charge in [0.05, 0.1) is 0 Å². The van der Waals surface area contributed by atoms with E-state index in [1.54, 1.807) is 0 Å². The molecule has 1 atom stereocenters. The molecule has 1 unspecified atom stereocenters. The summed E-state index contributed by atoms with van der Waals surface area (Å²) in [5.74, 6) is 0. The van der Waals surface area contributed by atoms with Crippen LogP contribution in [0.4, 0.5) is 0 Å². The van der Waals surface area contributed by atoms with Crippen molar-refractivity contribution in [2.45, 2.75) is 45.7 Å². The predicted octanol–water partition coefficient (Wildman–Crippen LogP) is 1.71. The van der Waals surface area contributed by atoms with Crippen LogP contribution in [0.25, 0.3) is 0 Å². The summed E-state index contributed by atoms with van der Waals surface area (Å²) < 4.78 is 0. The maximum absolute atomic E-state index is 3.32. The second-order valence-electron chi connectivity index (χ2n) is 3.76. The number of hydrogen-bond donors (Lipinski definition) is 1. The van der Waals surface area contributed by atoms with Crippen LogP contribution in [0.3, 0.4) is 0 Å². The molecule has 0 aliphatic carbocycles. The Hall–Kier alpha value is -0.0800. The lowest BCUT2D eigenvalue weighted by molar-refractivity contribution is 0.257. The molecular formula is C10H24N2. The maximum Gasteiger partial charge on any atom is 0.00736 e. The Morgan fingerprint density at radius 2 is 1.92 bits per heavy atom. The van der Waals surface area contributed by atoms with Crippen molar-refractivity contribution in [2.75, 3.05) is 20.6 Å². The first kappa shape index (κ1) is 11.9. The second-order valence-corrected chi connectivity index (χ2v) is 3.76. The summed E-state index contributed by atoms with van der Waals surface area (Å²) in [6.07, 6.45) is 2.48. The van der Waals surface area contributed by atoms with Crippen molar-refractivity contribution in [2.24, 2.45) is 0 Å². The van der Waals surface area contributed by atoms with Crippen LogP contribution in [0.2, 0.25) is 0 Å². The summed E-state index contributed by atoms with van der Waals surface area (Å²) in [6.45, 7) is 7.90. The van der Waals surface area contributed by atoms with Crippen molar-refractivity contribution >= 4 is 0 Å². The minimum Gasteiger partial charge on any atom is -0.317 e. The van der Waals surface area contributed by atoms with E-state index >= 15 is 0 Å². The Morgan fingerprint density at radius 3 is 2.25 bits per heavy atom. The average molecular weight is 172 g/mol. The summed E-state index contributed by atoms with van der Waals surface area (Å²) in [6, 6.07) is 1.35. The number of hydrogen-bond acceptors (Lipinski definition) is 2. The summed E-state index contributed by atoms with van der Waals surface area (Å²) in [5.41, 5.74) is 0. The molecular weight excluding hydrogens is 148 g/mol. The molecule has 0 saturated heterocycles. The van der Waals surface area contributed by atoms with Gasteiger partial charge in [0.25, 0.3) is 0 Å². The Balaban J connectivity index is 3.51. The van der Waals surface area contributed by atoms with Gasteiger partial charge in [-0.2, -0.15) is 0 Å². The molecule has 74 valence electrons. The van der Waals surface area contributed by atoms with Crippen LogP contribution in [0.15, 0.2) is 0 Å². The molecule has 0 radical (unpaired) electrons. The highest BCUT2D eigenvalue weighted by molar-refractivity contribution is 4.65. The van der Waals surface area contributed by atoms with Gasteiger partial charge in [0.1, 0.15) is 0 Å². The third-order valence-corrected chi connectivity index (χ3v) is 2.61. The molecule has 0 bridgehead atoms. The van der Waals surface area contributed by atoms with Gasteiger partial charge < -0.3 is 10.2 Å². The molecule has 0 aliphatic heterocycles. The third kappa shape index (κ3) is 4.73. The van der Waals surface area contributed by atoms with E-state index in [0.717, 1.165) is 0 Å². The molecule has 0 saturated carbocycles. The van der Waals surface area contributed by atoms with Crippen LogP contribution >= 0.6 is 0 Å². The van der Waals surface area contributed by atoms with Crippen LogP contribution in [-0.4, -0.2) is 37.6 Å². The Labute approximate surface area is 77.3 Å². The van der Waals surface area contributed by atoms with Gasteiger partial charge in [-0.3, -0.25) is 0 Å². The lowest BCUT2D eigenvalue weighted by Crippen LogP contribution is -2.33. The Bertz CT molecular complexity index is 96.0. The van der Waals surface area contributed by atoms with Gasteiger partial charge in [-0.15, -0.1) is 0 Å². The fourth-order valence-corrected chi connectivity index (χ4v) is 1.17. The van der Waals surface area contributed by atoms with E-state index in [2.05, 4.69) is 38.0 Å². The smallest absolute Gasteiger partial charge is 0.00736 e. The highest BCUT2D eigenvalue weighted by Gasteiger charge is 2.06. The SMILES string of the molecule is CCC(CCN(C)C(C)C)NC. The molecule has 12 heavy (non-hydrogen) atoms. The zero-order chi connectivity index (χ0) is 9.56. The minimum atomic E-state index is 0.666. The normalized spacial score (nSPS) is 14.2. The first-order valence-electron chi connectivity index (χ1n) is 4.99. The van der Waals surface area contributed by atoms with Gasteiger partial charge in [-0.25, -0.2) is 0 Å². The molecule has 0 aromatic carbocycles. The van der Waals surface area contributed by atoms with Gasteiger partial charge >= 0.3 is 0 Å². The van der Waals surface area contributed by atoms with Crippen molar-refractivity contribution in [1.29, 1.82) is 0 Å². The molecule has 0 aromatic heterocycles. The number of nitrogens with one attached hydrogen (secondary N) is 1. The van der Waals surface area contributed by atoms with E-state index in [-0.39, 0.29) is 0 Å². The van der Waals surface area contributed by atoms with Crippen LogP contribution in [0.5, 0.6) is 0 Å². The van der Waals surface area contributed by atoms with Gasteiger partial charge in [0.15, 0.2) is 0 Å². The van der Waals surface area contributed by atoms with Gasteiger partial charge in [-0.1, -0.05) is 6.92 Å². The highest BCUT2D eigenvalue weighted by Crippen LogP contribution is 2.01. The van der Waals surface area contributed by atoms with Crippen molar-refractivity contribution in [3.05, 3.63) is 0 Å². The summed E-state index contributed by atoms with van der Waals surface area (Å²) in [7, 11) is 4.23. The molecule has 0 aromatic rings. The molecule has 0 rings (SSSR count). The van der Waals surface area contributed by atoms with E-state index in [1.807, 2.05) is 7.05 Å². The monoisotopic (exact) mass is 172 g/mol. The Kier molecular flexibility index (Phi) is 6.39. The van der Waals surface area contributed by atoms with E-state index in [4.69, 9.17) is 0 Å². The molecule has 0 fully saturated rings. The van der Waals surface area contributed by atoms with Gasteiger partial charge in [0.2, 0.25) is 0 Å². The van der Waals surface area contributed by atoms with Crippen molar-refractivity contribution in [3.8, 4) is 0 Å². The number of rotatable bonds is 6. The zero-order valence-corrected chi connectivity index (χ0v) is 9.22. The molecule has 0 spiro atoms. The lowest BCUT2D eigenvalue weighted by Gasteiger charge is -2.23. The summed E-state index contributed by atoms with van der Waals surface area (Å²) >= 11 is 0. The fraction of sp³-hybridized carbons (Fsp3) is 1.00. The Morgan fingerprint density at radius 1 is 1.33 bits per heavy atom. The lowest BCUT2D eigenvalue weighted by atomic mass is 10.1. The summed E-state index contributed by atoms with van der Waals surface area (Å²) in [4.78, 5) is 2.39. The predicted molar refractivity (Wildman–Crippen MR) is 55.5 cm³/mol. The van der Waals surface area contributed by atoms with Crippen molar-refractivity contribution in [3.63, 3.8) is 0 Å². The summed E-state index contributed by atoms with van der Waals surface area (Å²) in [5, 5.41) is 3.32. The van der Waals surface area contributed by atoms with E-state index in [1.165, 1.54) is 19.4 Å². The number of nitrogens with zero attached hydrogens (tertiary/aromatic N) is 1. The highest BCUT2D eigenvalue weighted by atomic mass is 15.1. The fourth-order valence-electron chi connectivity index (χ4n) is 1.17. The molecule has 2 heteroatoms. The minimum absolute atomic E-state index is 0.666. The first-order chi connectivity index (χ1) is 5.61. The van der Waals surface area contributed by atoms with Crippen LogP contribution in [-0.2, 0) is 0 Å². The quantitative estimate of drug-likeness (QED) is 0.656. The standard InChI is InChI=1S/C10H24N2/c1-6-10(11-4)7-8-12(5)9(2)3/h9-11H,6-8H2,1-5H3. The molecule has 0 amide bonds. The molecule has 0 heterocycles. The molecule has 1 N–H and O–H groups in total. The average Bonchev–Trinajstić information content (AvgIpc) is 2.05. The molecule has 2 nitrogen and oxygen atoms in total. The molecule has 0 aliphatic rings. The topological polar surface area (TPSA) is 15.3 Å². The van der Waals surface area contributed by atoms with Gasteiger partial charge in [-0.05, 0) is 47.3 Å². The largest absolute Gasteiger partial charge is 0.317 e. The van der Waals surface area contributed by atoms with E-state index in [9.17, 15) is 0 Å². The van der Waals surface area contributed by atoms with Gasteiger partial charge in [0, 0.05) is 12.1 Å². The van der Waals surface area contributed by atoms with Crippen LogP contribution in [0, 0.1) is 0 Å². The first-order valence-corrected chi connectivity index (χ1v) is 4.99. The van der Waals surface area contributed by atoms with E-state index in [0.29, 0.717) is 12.1 Å². The van der Waals surface area contributed by atoms with E-state index < -0.39 is 0 Å².